The number of aromatic nitrogens is 4. The summed E-state index contributed by atoms with van der Waals surface area (Å²) in [4.78, 5) is 33.2. The van der Waals surface area contributed by atoms with E-state index in [0.717, 1.165) is 34.9 Å². The number of carbonyl (C=O) groups is 1. The van der Waals surface area contributed by atoms with Crippen molar-refractivity contribution in [3.8, 4) is 11.6 Å². The molecule has 5 aromatic rings. The Hall–Kier alpha value is -4.50. The summed E-state index contributed by atoms with van der Waals surface area (Å²) in [5.74, 6) is 1.01. The molecule has 2 N–H and O–H groups in total. The van der Waals surface area contributed by atoms with Gasteiger partial charge in [-0.05, 0) is 61.2 Å². The van der Waals surface area contributed by atoms with Gasteiger partial charge in [0.15, 0.2) is 0 Å². The van der Waals surface area contributed by atoms with Crippen LogP contribution in [0.5, 0.6) is 11.6 Å². The zero-order valence-corrected chi connectivity index (χ0v) is 20.9. The van der Waals surface area contributed by atoms with Crippen LogP contribution in [0.15, 0.2) is 71.8 Å². The lowest BCUT2D eigenvalue weighted by atomic mass is 10.0. The number of hydrogen-bond acceptors (Lipinski definition) is 6. The normalized spacial score (nSPS) is 14.1. The zero-order chi connectivity index (χ0) is 26.1. The molecule has 0 radical (unpaired) electrons. The molecule has 0 saturated carbocycles. The van der Waals surface area contributed by atoms with Crippen molar-refractivity contribution >= 4 is 27.7 Å². The third-order valence-electron chi connectivity index (χ3n) is 6.93. The summed E-state index contributed by atoms with van der Waals surface area (Å²) in [5.41, 5.74) is 3.54. The number of aryl methyl sites for hydroxylation is 1. The molecule has 38 heavy (non-hydrogen) atoms. The molecular weight excluding hydrogens is 482 g/mol. The van der Waals surface area contributed by atoms with Gasteiger partial charge in [0.1, 0.15) is 5.75 Å². The van der Waals surface area contributed by atoms with Crippen molar-refractivity contribution in [1.29, 1.82) is 0 Å². The number of benzene rings is 2. The average molecular weight is 510 g/mol. The first-order chi connectivity index (χ1) is 18.6. The monoisotopic (exact) mass is 509 g/mol. The van der Waals surface area contributed by atoms with Gasteiger partial charge in [-0.2, -0.15) is 5.10 Å². The highest BCUT2D eigenvalue weighted by atomic mass is 16.5. The Bertz CT molecular complexity index is 1670. The Kier molecular flexibility index (Phi) is 6.35. The third-order valence-corrected chi connectivity index (χ3v) is 6.93. The van der Waals surface area contributed by atoms with Crippen LogP contribution < -0.4 is 15.6 Å². The van der Waals surface area contributed by atoms with Gasteiger partial charge in [0.25, 0.3) is 11.5 Å². The fourth-order valence-corrected chi connectivity index (χ4v) is 4.93. The standard InChI is InChI=1S/C29H27N5O4/c1-18-14-25-23(27-24(29(36)33-25)17-32-34(27)20-9-12-37-13-10-20)15-22(18)28(35)31-16-19-5-7-21(8-6-19)38-26-4-2-3-11-30-26/h2-8,11,14-15,17,20H,9-10,12-13,16H2,1H3,(H,31,35)(H,33,36). The van der Waals surface area contributed by atoms with E-state index in [0.29, 0.717) is 47.9 Å². The molecule has 9 nitrogen and oxygen atoms in total. The molecule has 2 aromatic carbocycles. The number of carbonyl (C=O) groups excluding carboxylic acids is 1. The lowest BCUT2D eigenvalue weighted by Gasteiger charge is -2.23. The molecule has 0 bridgehead atoms. The minimum atomic E-state index is -0.185. The maximum atomic E-state index is 13.3. The van der Waals surface area contributed by atoms with Crippen LogP contribution in [0.2, 0.25) is 0 Å². The van der Waals surface area contributed by atoms with Crippen LogP contribution in [0.3, 0.4) is 0 Å². The van der Waals surface area contributed by atoms with Gasteiger partial charge in [0, 0.05) is 43.0 Å². The highest BCUT2D eigenvalue weighted by Gasteiger charge is 2.22. The topological polar surface area (TPSA) is 111 Å². The number of aromatic amines is 1. The summed E-state index contributed by atoms with van der Waals surface area (Å²) in [6.07, 6.45) is 4.95. The SMILES string of the molecule is Cc1cc2[nH]c(=O)c3cnn(C4CCOCC4)c3c2cc1C(=O)NCc1ccc(Oc2ccccn2)cc1. The van der Waals surface area contributed by atoms with Crippen LogP contribution in [-0.2, 0) is 11.3 Å². The van der Waals surface area contributed by atoms with E-state index in [1.807, 2.05) is 60.1 Å². The molecule has 1 aliphatic heterocycles. The summed E-state index contributed by atoms with van der Waals surface area (Å²) < 4.78 is 13.2. The van der Waals surface area contributed by atoms with Gasteiger partial charge in [0.05, 0.1) is 28.7 Å². The fraction of sp³-hybridized carbons (Fsp3) is 0.241. The predicted molar refractivity (Wildman–Crippen MR) is 144 cm³/mol. The smallest absolute Gasteiger partial charge is 0.259 e. The molecule has 192 valence electrons. The Morgan fingerprint density at radius 2 is 1.95 bits per heavy atom. The number of amides is 1. The van der Waals surface area contributed by atoms with Crippen molar-refractivity contribution < 1.29 is 14.3 Å². The minimum Gasteiger partial charge on any atom is -0.439 e. The Morgan fingerprint density at radius 1 is 1.13 bits per heavy atom. The van der Waals surface area contributed by atoms with Crippen molar-refractivity contribution in [3.63, 3.8) is 0 Å². The van der Waals surface area contributed by atoms with E-state index in [9.17, 15) is 9.59 Å². The van der Waals surface area contributed by atoms with Crippen molar-refractivity contribution in [2.24, 2.45) is 0 Å². The second-order valence-corrected chi connectivity index (χ2v) is 9.46. The fourth-order valence-electron chi connectivity index (χ4n) is 4.93. The van der Waals surface area contributed by atoms with Crippen molar-refractivity contribution in [3.05, 3.63) is 94.0 Å². The molecule has 1 amide bonds. The highest BCUT2D eigenvalue weighted by Crippen LogP contribution is 2.30. The molecule has 0 atom stereocenters. The molecule has 1 fully saturated rings. The molecule has 1 saturated heterocycles. The van der Waals surface area contributed by atoms with Crippen LogP contribution in [0.1, 0.15) is 40.4 Å². The van der Waals surface area contributed by atoms with Gasteiger partial charge in [0.2, 0.25) is 5.88 Å². The van der Waals surface area contributed by atoms with E-state index >= 15 is 0 Å². The number of hydrogen-bond donors (Lipinski definition) is 2. The van der Waals surface area contributed by atoms with Crippen molar-refractivity contribution in [2.75, 3.05) is 13.2 Å². The summed E-state index contributed by atoms with van der Waals surface area (Å²) in [7, 11) is 0. The largest absolute Gasteiger partial charge is 0.439 e. The number of nitrogens with zero attached hydrogens (tertiary/aromatic N) is 3. The molecule has 9 heteroatoms. The Morgan fingerprint density at radius 3 is 2.71 bits per heavy atom. The Balaban J connectivity index is 1.25. The molecule has 1 aliphatic rings. The van der Waals surface area contributed by atoms with Gasteiger partial charge in [-0.25, -0.2) is 4.98 Å². The van der Waals surface area contributed by atoms with Crippen LogP contribution in [0.4, 0.5) is 0 Å². The lowest BCUT2D eigenvalue weighted by molar-refractivity contribution is 0.0675. The molecule has 6 rings (SSSR count). The first-order valence-electron chi connectivity index (χ1n) is 12.6. The average Bonchev–Trinajstić information content (AvgIpc) is 3.40. The molecule has 4 heterocycles. The minimum absolute atomic E-state index is 0.148. The van der Waals surface area contributed by atoms with Gasteiger partial charge in [-0.1, -0.05) is 18.2 Å². The summed E-state index contributed by atoms with van der Waals surface area (Å²) in [5, 5.41) is 8.90. The summed E-state index contributed by atoms with van der Waals surface area (Å²) in [6, 6.07) is 16.9. The molecule has 0 aliphatic carbocycles. The van der Waals surface area contributed by atoms with E-state index < -0.39 is 0 Å². The third kappa shape index (κ3) is 4.64. The number of fused-ring (bicyclic) bond motifs is 3. The second kappa shape index (κ2) is 10.1. The van der Waals surface area contributed by atoms with Crippen molar-refractivity contribution in [1.82, 2.24) is 25.1 Å². The van der Waals surface area contributed by atoms with Crippen LogP contribution in [-0.4, -0.2) is 38.9 Å². The van der Waals surface area contributed by atoms with Gasteiger partial charge >= 0.3 is 0 Å². The maximum Gasteiger partial charge on any atom is 0.259 e. The van der Waals surface area contributed by atoms with E-state index in [-0.39, 0.29) is 17.5 Å². The molecule has 0 unspecified atom stereocenters. The predicted octanol–water partition coefficient (Wildman–Crippen LogP) is 4.66. The van der Waals surface area contributed by atoms with Crippen LogP contribution >= 0.6 is 0 Å². The first-order valence-corrected chi connectivity index (χ1v) is 12.6. The number of H-pyrrole nitrogens is 1. The van der Waals surface area contributed by atoms with E-state index in [2.05, 4.69) is 20.4 Å². The number of pyridine rings is 2. The first kappa shape index (κ1) is 23.9. The summed E-state index contributed by atoms with van der Waals surface area (Å²) >= 11 is 0. The van der Waals surface area contributed by atoms with Crippen molar-refractivity contribution in [2.45, 2.75) is 32.4 Å². The van der Waals surface area contributed by atoms with Gasteiger partial charge in [-0.15, -0.1) is 0 Å². The lowest BCUT2D eigenvalue weighted by Crippen LogP contribution is -2.24. The highest BCUT2D eigenvalue weighted by molar-refractivity contribution is 6.07. The van der Waals surface area contributed by atoms with Crippen LogP contribution in [0, 0.1) is 6.92 Å². The quantitative estimate of drug-likeness (QED) is 0.345. The molecular formula is C29H27N5O4. The Labute approximate surface area is 218 Å². The molecule has 3 aromatic heterocycles. The van der Waals surface area contributed by atoms with Crippen LogP contribution in [0.25, 0.3) is 21.8 Å². The maximum absolute atomic E-state index is 13.3. The number of ether oxygens (including phenoxy) is 2. The van der Waals surface area contributed by atoms with Gasteiger partial charge in [-0.3, -0.25) is 14.3 Å². The zero-order valence-electron chi connectivity index (χ0n) is 20.9. The van der Waals surface area contributed by atoms with E-state index in [1.165, 1.54) is 0 Å². The number of rotatable bonds is 6. The van der Waals surface area contributed by atoms with E-state index in [1.54, 1.807) is 18.5 Å². The number of nitrogens with one attached hydrogen (secondary N) is 2. The second-order valence-electron chi connectivity index (χ2n) is 9.46. The van der Waals surface area contributed by atoms with Gasteiger partial charge < -0.3 is 19.8 Å². The summed E-state index contributed by atoms with van der Waals surface area (Å²) in [6.45, 7) is 3.56. The molecule has 0 spiro atoms. The van der Waals surface area contributed by atoms with E-state index in [4.69, 9.17) is 9.47 Å².